The fraction of sp³-hybridized carbons (Fsp3) is 0.238. The molecule has 7 nitrogen and oxygen atoms in total. The van der Waals surface area contributed by atoms with Crippen molar-refractivity contribution in [2.24, 2.45) is 5.92 Å². The van der Waals surface area contributed by atoms with E-state index in [1.54, 1.807) is 23.2 Å². The molecule has 3 heterocycles. The zero-order chi connectivity index (χ0) is 20.2. The third-order valence-electron chi connectivity index (χ3n) is 5.01. The number of likely N-dealkylation sites (tertiary alicyclic amines) is 1. The monoisotopic (exact) mass is 409 g/mol. The Bertz CT molecular complexity index is 1030. The highest BCUT2D eigenvalue weighted by molar-refractivity contribution is 6.30. The number of piperidine rings is 1. The zero-order valence-corrected chi connectivity index (χ0v) is 16.4. The van der Waals surface area contributed by atoms with Crippen molar-refractivity contribution in [1.82, 2.24) is 14.9 Å². The van der Waals surface area contributed by atoms with Gasteiger partial charge in [-0.25, -0.2) is 9.78 Å². The smallest absolute Gasteiger partial charge is 0.321 e. The van der Waals surface area contributed by atoms with Crippen molar-refractivity contribution in [2.45, 2.75) is 12.8 Å². The first-order chi connectivity index (χ1) is 14.1. The highest BCUT2D eigenvalue weighted by Gasteiger charge is 2.27. The van der Waals surface area contributed by atoms with E-state index in [0.29, 0.717) is 42.5 Å². The molecular formula is C21H20ClN5O2. The lowest BCUT2D eigenvalue weighted by molar-refractivity contribution is -0.121. The average molecular weight is 410 g/mol. The lowest BCUT2D eigenvalue weighted by atomic mass is 9.96. The van der Waals surface area contributed by atoms with E-state index in [2.05, 4.69) is 20.6 Å². The summed E-state index contributed by atoms with van der Waals surface area (Å²) in [6.07, 6.45) is 4.39. The fourth-order valence-electron chi connectivity index (χ4n) is 3.42. The molecule has 0 saturated carbocycles. The molecule has 29 heavy (non-hydrogen) atoms. The van der Waals surface area contributed by atoms with Crippen LogP contribution in [0.25, 0.3) is 10.9 Å². The van der Waals surface area contributed by atoms with Gasteiger partial charge in [0.25, 0.3) is 0 Å². The van der Waals surface area contributed by atoms with Gasteiger partial charge in [-0.1, -0.05) is 29.8 Å². The van der Waals surface area contributed by atoms with Gasteiger partial charge in [-0.05, 0) is 37.1 Å². The van der Waals surface area contributed by atoms with Crippen molar-refractivity contribution in [3.8, 4) is 0 Å². The van der Waals surface area contributed by atoms with Crippen molar-refractivity contribution in [3.63, 3.8) is 0 Å². The summed E-state index contributed by atoms with van der Waals surface area (Å²) < 4.78 is 0. The summed E-state index contributed by atoms with van der Waals surface area (Å²) in [7, 11) is 0. The molecule has 1 aromatic carbocycles. The maximum atomic E-state index is 12.7. The minimum absolute atomic E-state index is 0.0851. The number of nitrogens with zero attached hydrogens (tertiary/aromatic N) is 3. The molecule has 2 N–H and O–H groups in total. The number of benzene rings is 1. The van der Waals surface area contributed by atoms with Crippen LogP contribution in [-0.4, -0.2) is 39.9 Å². The van der Waals surface area contributed by atoms with E-state index in [1.807, 2.05) is 30.3 Å². The van der Waals surface area contributed by atoms with Crippen LogP contribution in [-0.2, 0) is 4.79 Å². The predicted molar refractivity (Wildman–Crippen MR) is 113 cm³/mol. The largest absolute Gasteiger partial charge is 0.324 e. The Labute approximate surface area is 173 Å². The number of carbonyl (C=O) groups excluding carboxylic acids is 2. The zero-order valence-electron chi connectivity index (χ0n) is 15.6. The van der Waals surface area contributed by atoms with E-state index in [-0.39, 0.29) is 17.9 Å². The van der Waals surface area contributed by atoms with Gasteiger partial charge in [-0.2, -0.15) is 0 Å². The molecule has 3 aromatic rings. The van der Waals surface area contributed by atoms with E-state index in [4.69, 9.17) is 11.6 Å². The Morgan fingerprint density at radius 2 is 1.79 bits per heavy atom. The first-order valence-electron chi connectivity index (χ1n) is 9.42. The number of pyridine rings is 2. The van der Waals surface area contributed by atoms with Gasteiger partial charge in [0, 0.05) is 36.8 Å². The van der Waals surface area contributed by atoms with Crippen LogP contribution >= 0.6 is 11.6 Å². The Morgan fingerprint density at radius 3 is 2.55 bits per heavy atom. The fourth-order valence-corrected chi connectivity index (χ4v) is 3.53. The molecule has 4 rings (SSSR count). The molecule has 1 fully saturated rings. The van der Waals surface area contributed by atoms with E-state index in [0.717, 1.165) is 10.9 Å². The van der Waals surface area contributed by atoms with Crippen LogP contribution in [0.15, 0.2) is 54.9 Å². The van der Waals surface area contributed by atoms with Crippen LogP contribution in [0.4, 0.5) is 16.3 Å². The normalized spacial score (nSPS) is 14.6. The van der Waals surface area contributed by atoms with Gasteiger partial charge in [-0.15, -0.1) is 0 Å². The number of hydrogen-bond acceptors (Lipinski definition) is 4. The van der Waals surface area contributed by atoms with Crippen LogP contribution in [0.3, 0.4) is 0 Å². The van der Waals surface area contributed by atoms with E-state index >= 15 is 0 Å². The SMILES string of the molecule is O=C(Nc1ccc(Cl)cn1)C1CCN(C(=O)Nc2cccc3cccnc23)CC1. The predicted octanol–water partition coefficient (Wildman–Crippen LogP) is 4.17. The third-order valence-corrected chi connectivity index (χ3v) is 5.23. The highest BCUT2D eigenvalue weighted by atomic mass is 35.5. The number of urea groups is 1. The molecule has 0 atom stereocenters. The molecule has 0 aliphatic carbocycles. The number of rotatable bonds is 3. The first-order valence-corrected chi connectivity index (χ1v) is 9.80. The number of fused-ring (bicyclic) bond motifs is 1. The van der Waals surface area contributed by atoms with Gasteiger partial charge in [0.1, 0.15) is 5.82 Å². The molecule has 0 unspecified atom stereocenters. The molecule has 8 heteroatoms. The Kier molecular flexibility index (Phi) is 5.57. The van der Waals surface area contributed by atoms with Crippen molar-refractivity contribution in [1.29, 1.82) is 0 Å². The number of aromatic nitrogens is 2. The number of nitrogens with one attached hydrogen (secondary N) is 2. The van der Waals surface area contributed by atoms with Gasteiger partial charge in [-0.3, -0.25) is 9.78 Å². The molecular weight excluding hydrogens is 390 g/mol. The second kappa shape index (κ2) is 8.45. The maximum Gasteiger partial charge on any atom is 0.321 e. The summed E-state index contributed by atoms with van der Waals surface area (Å²) >= 11 is 5.81. The number of hydrogen-bond donors (Lipinski definition) is 2. The quantitative estimate of drug-likeness (QED) is 0.679. The third kappa shape index (κ3) is 4.46. The lowest BCUT2D eigenvalue weighted by Gasteiger charge is -2.31. The summed E-state index contributed by atoms with van der Waals surface area (Å²) in [4.78, 5) is 35.3. The highest BCUT2D eigenvalue weighted by Crippen LogP contribution is 2.23. The second-order valence-corrected chi connectivity index (χ2v) is 7.36. The van der Waals surface area contributed by atoms with Crippen LogP contribution in [0.5, 0.6) is 0 Å². The molecule has 0 radical (unpaired) electrons. The van der Waals surface area contributed by atoms with Gasteiger partial charge in [0.15, 0.2) is 0 Å². The summed E-state index contributed by atoms with van der Waals surface area (Å²) in [5.41, 5.74) is 1.44. The van der Waals surface area contributed by atoms with Gasteiger partial charge in [0.05, 0.1) is 16.2 Å². The molecule has 148 valence electrons. The van der Waals surface area contributed by atoms with E-state index in [1.165, 1.54) is 6.20 Å². The summed E-state index contributed by atoms with van der Waals surface area (Å²) in [5, 5.41) is 7.24. The standard InChI is InChI=1S/C21H20ClN5O2/c22-16-6-7-18(24-13-16)26-20(28)15-8-11-27(12-9-15)21(29)25-17-5-1-3-14-4-2-10-23-19(14)17/h1-7,10,13,15H,8-9,11-12H2,(H,25,29)(H,24,26,28). The molecule has 0 bridgehead atoms. The van der Waals surface area contributed by atoms with Gasteiger partial charge in [0.2, 0.25) is 5.91 Å². The van der Waals surface area contributed by atoms with Crippen molar-refractivity contribution in [2.75, 3.05) is 23.7 Å². The van der Waals surface area contributed by atoms with Crippen LogP contribution in [0.1, 0.15) is 12.8 Å². The molecule has 1 aliphatic heterocycles. The molecule has 0 spiro atoms. The number of anilines is 2. The topological polar surface area (TPSA) is 87.2 Å². The Hall–Kier alpha value is -3.19. The minimum Gasteiger partial charge on any atom is -0.324 e. The second-order valence-electron chi connectivity index (χ2n) is 6.92. The average Bonchev–Trinajstić information content (AvgIpc) is 2.75. The molecule has 1 aliphatic rings. The van der Waals surface area contributed by atoms with Crippen LogP contribution in [0, 0.1) is 5.92 Å². The molecule has 1 saturated heterocycles. The Morgan fingerprint density at radius 1 is 1.00 bits per heavy atom. The number of para-hydroxylation sites is 1. The van der Waals surface area contributed by atoms with Crippen molar-refractivity contribution < 1.29 is 9.59 Å². The summed E-state index contributed by atoms with van der Waals surface area (Å²) in [5.74, 6) is 0.233. The van der Waals surface area contributed by atoms with Crippen LogP contribution < -0.4 is 10.6 Å². The van der Waals surface area contributed by atoms with Crippen molar-refractivity contribution >= 4 is 45.9 Å². The van der Waals surface area contributed by atoms with Gasteiger partial charge >= 0.3 is 6.03 Å². The number of amides is 3. The number of halogens is 1. The summed E-state index contributed by atoms with van der Waals surface area (Å²) in [6, 6.07) is 12.7. The minimum atomic E-state index is -0.179. The van der Waals surface area contributed by atoms with Crippen LogP contribution in [0.2, 0.25) is 5.02 Å². The maximum absolute atomic E-state index is 12.7. The Balaban J connectivity index is 1.33. The van der Waals surface area contributed by atoms with E-state index in [9.17, 15) is 9.59 Å². The molecule has 3 amide bonds. The first kappa shape index (κ1) is 19.1. The molecule has 2 aromatic heterocycles. The lowest BCUT2D eigenvalue weighted by Crippen LogP contribution is -2.43. The summed E-state index contributed by atoms with van der Waals surface area (Å²) in [6.45, 7) is 1.02. The van der Waals surface area contributed by atoms with E-state index < -0.39 is 0 Å². The van der Waals surface area contributed by atoms with Gasteiger partial charge < -0.3 is 15.5 Å². The number of carbonyl (C=O) groups is 2. The van der Waals surface area contributed by atoms with Crippen molar-refractivity contribution in [3.05, 3.63) is 59.9 Å².